The molecule has 1 aromatic carbocycles. The Bertz CT molecular complexity index is 359. The molecule has 0 saturated heterocycles. The SMILES string of the molecule is I.N#Cc1ccccc1CSC(=N)N. The van der Waals surface area contributed by atoms with Crippen LogP contribution < -0.4 is 5.73 Å². The second-order valence-electron chi connectivity index (χ2n) is 2.42. The minimum Gasteiger partial charge on any atom is -0.379 e. The summed E-state index contributed by atoms with van der Waals surface area (Å²) in [5.74, 6) is 0.582. The maximum atomic E-state index is 8.74. The number of hydrogen-bond donors (Lipinski definition) is 2. The second kappa shape index (κ2) is 6.68. The number of benzene rings is 1. The molecule has 0 bridgehead atoms. The first-order valence-corrected chi connectivity index (χ1v) is 4.67. The standard InChI is InChI=1S/C9H9N3S.HI/c10-5-7-3-1-2-4-8(7)6-13-9(11)12;/h1-4H,6H2,(H3,11,12);1H. The highest BCUT2D eigenvalue weighted by Gasteiger charge is 2.00. The van der Waals surface area contributed by atoms with Crippen LogP contribution >= 0.6 is 35.7 Å². The molecule has 0 aliphatic rings. The minimum atomic E-state index is 0. The van der Waals surface area contributed by atoms with Crippen molar-refractivity contribution in [3.63, 3.8) is 0 Å². The van der Waals surface area contributed by atoms with E-state index in [1.54, 1.807) is 6.07 Å². The molecule has 0 unspecified atom stereocenters. The van der Waals surface area contributed by atoms with Crippen LogP contribution in [-0.2, 0) is 5.75 Å². The van der Waals surface area contributed by atoms with Crippen molar-refractivity contribution >= 4 is 40.9 Å². The van der Waals surface area contributed by atoms with E-state index in [1.807, 2.05) is 18.2 Å². The Labute approximate surface area is 104 Å². The summed E-state index contributed by atoms with van der Waals surface area (Å²) in [5, 5.41) is 15.8. The van der Waals surface area contributed by atoms with Gasteiger partial charge in [-0.2, -0.15) is 5.26 Å². The Morgan fingerprint density at radius 3 is 2.71 bits per heavy atom. The molecule has 1 aromatic rings. The summed E-state index contributed by atoms with van der Waals surface area (Å²) in [7, 11) is 0. The van der Waals surface area contributed by atoms with E-state index in [2.05, 4.69) is 6.07 Å². The average Bonchev–Trinajstić information content (AvgIpc) is 2.15. The van der Waals surface area contributed by atoms with Gasteiger partial charge in [-0.05, 0) is 11.6 Å². The summed E-state index contributed by atoms with van der Waals surface area (Å²) in [4.78, 5) is 0. The van der Waals surface area contributed by atoms with Crippen molar-refractivity contribution in [2.24, 2.45) is 5.73 Å². The molecule has 0 saturated carbocycles. The van der Waals surface area contributed by atoms with Gasteiger partial charge in [-0.25, -0.2) is 0 Å². The summed E-state index contributed by atoms with van der Waals surface area (Å²) < 4.78 is 0. The zero-order valence-electron chi connectivity index (χ0n) is 7.36. The lowest BCUT2D eigenvalue weighted by molar-refractivity contribution is 1.36. The quantitative estimate of drug-likeness (QED) is 0.499. The number of hydrogen-bond acceptors (Lipinski definition) is 3. The van der Waals surface area contributed by atoms with Gasteiger partial charge in [-0.1, -0.05) is 30.0 Å². The smallest absolute Gasteiger partial charge is 0.151 e. The van der Waals surface area contributed by atoms with Gasteiger partial charge in [0.05, 0.1) is 11.6 Å². The molecule has 3 N–H and O–H groups in total. The number of amidine groups is 1. The number of halogens is 1. The molecule has 0 atom stereocenters. The number of nitrogens with zero attached hydrogens (tertiary/aromatic N) is 1. The average molecular weight is 319 g/mol. The number of nitrogens with one attached hydrogen (secondary N) is 1. The van der Waals surface area contributed by atoms with Crippen LogP contribution in [0.25, 0.3) is 0 Å². The van der Waals surface area contributed by atoms with Gasteiger partial charge in [-0.15, -0.1) is 24.0 Å². The predicted octanol–water partition coefficient (Wildman–Crippen LogP) is 2.30. The lowest BCUT2D eigenvalue weighted by atomic mass is 10.1. The van der Waals surface area contributed by atoms with Crippen LogP contribution in [0.15, 0.2) is 24.3 Å². The molecule has 0 aliphatic carbocycles. The summed E-state index contributed by atoms with van der Waals surface area (Å²) >= 11 is 1.22. The normalized spacial score (nSPS) is 8.50. The Hall–Kier alpha value is -0.740. The Morgan fingerprint density at radius 1 is 1.50 bits per heavy atom. The van der Waals surface area contributed by atoms with Crippen LogP contribution in [0.2, 0.25) is 0 Å². The highest BCUT2D eigenvalue weighted by atomic mass is 127. The van der Waals surface area contributed by atoms with Crippen LogP contribution in [0.1, 0.15) is 11.1 Å². The molecule has 0 radical (unpaired) electrons. The van der Waals surface area contributed by atoms with Crippen molar-refractivity contribution in [2.75, 3.05) is 0 Å². The number of nitrogens with two attached hydrogens (primary N) is 1. The van der Waals surface area contributed by atoms with Crippen LogP contribution in [0.4, 0.5) is 0 Å². The molecule has 1 rings (SSSR count). The molecule has 0 heterocycles. The van der Waals surface area contributed by atoms with Gasteiger partial charge in [0, 0.05) is 5.75 Å². The Balaban J connectivity index is 0.00000169. The first kappa shape index (κ1) is 13.3. The van der Waals surface area contributed by atoms with Crippen molar-refractivity contribution in [2.45, 2.75) is 5.75 Å². The molecule has 0 amide bonds. The van der Waals surface area contributed by atoms with Crippen molar-refractivity contribution in [3.05, 3.63) is 35.4 Å². The summed E-state index contributed by atoms with van der Waals surface area (Å²) in [6, 6.07) is 9.42. The van der Waals surface area contributed by atoms with Crippen LogP contribution in [0.3, 0.4) is 0 Å². The number of nitriles is 1. The van der Waals surface area contributed by atoms with Gasteiger partial charge in [-0.3, -0.25) is 5.41 Å². The highest BCUT2D eigenvalue weighted by Crippen LogP contribution is 2.14. The van der Waals surface area contributed by atoms with Crippen LogP contribution in [0.5, 0.6) is 0 Å². The predicted molar refractivity (Wildman–Crippen MR) is 69.8 cm³/mol. The maximum Gasteiger partial charge on any atom is 0.151 e. The Kier molecular flexibility index (Phi) is 6.32. The minimum absolute atomic E-state index is 0. The van der Waals surface area contributed by atoms with E-state index in [9.17, 15) is 0 Å². The fourth-order valence-corrected chi connectivity index (χ4v) is 1.47. The van der Waals surface area contributed by atoms with E-state index in [0.29, 0.717) is 11.3 Å². The number of thioether (sulfide) groups is 1. The molecule has 14 heavy (non-hydrogen) atoms. The zero-order chi connectivity index (χ0) is 9.68. The first-order valence-electron chi connectivity index (χ1n) is 3.69. The fourth-order valence-electron chi connectivity index (χ4n) is 0.911. The van der Waals surface area contributed by atoms with Gasteiger partial charge in [0.25, 0.3) is 0 Å². The molecule has 5 heteroatoms. The largest absolute Gasteiger partial charge is 0.379 e. The van der Waals surface area contributed by atoms with E-state index in [0.717, 1.165) is 5.56 Å². The lowest BCUT2D eigenvalue weighted by Gasteiger charge is -2.01. The van der Waals surface area contributed by atoms with E-state index in [4.69, 9.17) is 16.4 Å². The third-order valence-electron chi connectivity index (χ3n) is 1.52. The molecule has 0 aliphatic heterocycles. The topological polar surface area (TPSA) is 73.7 Å². The van der Waals surface area contributed by atoms with Crippen LogP contribution in [0, 0.1) is 16.7 Å². The molecule has 0 fully saturated rings. The molecular weight excluding hydrogens is 309 g/mol. The third kappa shape index (κ3) is 3.98. The highest BCUT2D eigenvalue weighted by molar-refractivity contribution is 14.0. The molecular formula is C9H10IN3S. The van der Waals surface area contributed by atoms with E-state index < -0.39 is 0 Å². The van der Waals surface area contributed by atoms with Gasteiger partial charge in [0.15, 0.2) is 5.17 Å². The zero-order valence-corrected chi connectivity index (χ0v) is 10.5. The van der Waals surface area contributed by atoms with Gasteiger partial charge >= 0.3 is 0 Å². The first-order chi connectivity index (χ1) is 6.24. The number of rotatable bonds is 2. The monoisotopic (exact) mass is 319 g/mol. The molecule has 0 aromatic heterocycles. The van der Waals surface area contributed by atoms with E-state index in [-0.39, 0.29) is 29.1 Å². The van der Waals surface area contributed by atoms with E-state index >= 15 is 0 Å². The molecule has 0 spiro atoms. The third-order valence-corrected chi connectivity index (χ3v) is 2.29. The van der Waals surface area contributed by atoms with Crippen molar-refractivity contribution in [3.8, 4) is 6.07 Å². The van der Waals surface area contributed by atoms with Crippen molar-refractivity contribution in [1.29, 1.82) is 10.7 Å². The van der Waals surface area contributed by atoms with Gasteiger partial charge in [0.2, 0.25) is 0 Å². The Morgan fingerprint density at radius 2 is 2.14 bits per heavy atom. The van der Waals surface area contributed by atoms with Crippen molar-refractivity contribution in [1.82, 2.24) is 0 Å². The lowest BCUT2D eigenvalue weighted by Crippen LogP contribution is -2.04. The molecule has 74 valence electrons. The molecule has 3 nitrogen and oxygen atoms in total. The van der Waals surface area contributed by atoms with E-state index in [1.165, 1.54) is 11.8 Å². The summed E-state index contributed by atoms with van der Waals surface area (Å²) in [6.07, 6.45) is 0. The van der Waals surface area contributed by atoms with Gasteiger partial charge < -0.3 is 5.73 Å². The fraction of sp³-hybridized carbons (Fsp3) is 0.111. The van der Waals surface area contributed by atoms with Crippen LogP contribution in [-0.4, -0.2) is 5.17 Å². The van der Waals surface area contributed by atoms with Gasteiger partial charge in [0.1, 0.15) is 0 Å². The summed E-state index contributed by atoms with van der Waals surface area (Å²) in [6.45, 7) is 0. The maximum absolute atomic E-state index is 8.74. The summed E-state index contributed by atoms with van der Waals surface area (Å²) in [5.41, 5.74) is 6.77. The van der Waals surface area contributed by atoms with Crippen molar-refractivity contribution < 1.29 is 0 Å². The second-order valence-corrected chi connectivity index (χ2v) is 3.44.